The zero-order valence-corrected chi connectivity index (χ0v) is 41.7. The van der Waals surface area contributed by atoms with E-state index in [1.807, 2.05) is 0 Å². The van der Waals surface area contributed by atoms with Crippen molar-refractivity contribution >= 4 is 16.9 Å². The minimum Gasteiger partial charge on any atom is -0.550 e. The van der Waals surface area contributed by atoms with Crippen molar-refractivity contribution in [3.05, 3.63) is 86.5 Å². The van der Waals surface area contributed by atoms with E-state index in [0.29, 0.717) is 71.0 Å². The normalized spacial score (nSPS) is 21.5. The van der Waals surface area contributed by atoms with Gasteiger partial charge in [-0.05, 0) is 126 Å². The van der Waals surface area contributed by atoms with Gasteiger partial charge in [0.05, 0.1) is 0 Å². The van der Waals surface area contributed by atoms with Gasteiger partial charge in [0.15, 0.2) is 14.7 Å². The largest absolute Gasteiger partial charge is 0.550 e. The van der Waals surface area contributed by atoms with Crippen LogP contribution in [0.4, 0.5) is 0 Å². The van der Waals surface area contributed by atoms with Crippen LogP contribution in [0.1, 0.15) is 266 Å². The number of hydrogen-bond donors (Lipinski definition) is 0. The molecule has 0 unspecified atom stereocenters. The summed E-state index contributed by atoms with van der Waals surface area (Å²) in [7, 11) is -0.272. The first-order chi connectivity index (χ1) is 27.5. The summed E-state index contributed by atoms with van der Waals surface area (Å²) in [5.41, 5.74) is 13.3. The molecule has 7 rings (SSSR count). The Hall–Kier alpha value is -2.52. The smallest absolute Gasteiger partial charge is 0.173 e. The molecule has 2 nitrogen and oxygen atoms in total. The highest BCUT2D eigenvalue weighted by molar-refractivity contribution is 7.97. The fourth-order valence-electron chi connectivity index (χ4n) is 11.0. The Morgan fingerprint density at radius 3 is 0.780 bits per heavy atom. The molecule has 4 bridgehead atoms. The molecule has 0 atom stereocenters. The predicted molar refractivity (Wildman–Crippen MR) is 254 cm³/mol. The van der Waals surface area contributed by atoms with Crippen molar-refractivity contribution in [2.75, 3.05) is 0 Å². The molecule has 0 radical (unpaired) electrons. The van der Waals surface area contributed by atoms with Crippen LogP contribution in [-0.2, 0) is 15.7 Å². The molecule has 4 aliphatic carbocycles. The van der Waals surface area contributed by atoms with Gasteiger partial charge >= 0.3 is 0 Å². The van der Waals surface area contributed by atoms with Crippen molar-refractivity contribution in [2.45, 2.75) is 231 Å². The van der Waals surface area contributed by atoms with Gasteiger partial charge in [-0.25, -0.2) is 0 Å². The van der Waals surface area contributed by atoms with E-state index in [4.69, 9.17) is 0 Å². The first-order valence-electron chi connectivity index (χ1n) is 24.0. The van der Waals surface area contributed by atoms with Crippen LogP contribution in [0, 0.1) is 23.2 Å². The molecule has 3 heteroatoms. The van der Waals surface area contributed by atoms with Crippen molar-refractivity contribution < 1.29 is 9.90 Å². The summed E-state index contributed by atoms with van der Waals surface area (Å²) < 4.78 is 0. The lowest BCUT2D eigenvalue weighted by molar-refractivity contribution is -0.327. The number of carboxylic acids is 1. The van der Waals surface area contributed by atoms with Crippen LogP contribution in [-0.4, -0.2) is 5.97 Å². The zero-order valence-electron chi connectivity index (χ0n) is 40.9. The van der Waals surface area contributed by atoms with Crippen molar-refractivity contribution in [1.82, 2.24) is 0 Å². The summed E-state index contributed by atoms with van der Waals surface area (Å²) in [6.45, 7) is 43.3. The number of carboxylic acid groups (broad SMARTS) is 1. The highest BCUT2D eigenvalue weighted by atomic mass is 32.2. The average Bonchev–Trinajstić information content (AvgIpc) is 3.13. The van der Waals surface area contributed by atoms with Gasteiger partial charge in [-0.2, -0.15) is 0 Å². The lowest BCUT2D eigenvalue weighted by Crippen LogP contribution is -2.54. The van der Waals surface area contributed by atoms with Crippen molar-refractivity contribution in [3.8, 4) is 0 Å². The molecule has 0 heterocycles. The molecule has 0 N–H and O–H groups in total. The summed E-state index contributed by atoms with van der Waals surface area (Å²) in [6.07, 6.45) is 6.65. The third kappa shape index (κ3) is 9.92. The topological polar surface area (TPSA) is 40.1 Å². The summed E-state index contributed by atoms with van der Waals surface area (Å²) in [4.78, 5) is 16.0. The second-order valence-electron chi connectivity index (χ2n) is 22.3. The van der Waals surface area contributed by atoms with E-state index in [1.54, 1.807) is 48.1 Å². The molecule has 4 fully saturated rings. The van der Waals surface area contributed by atoms with Crippen LogP contribution < -0.4 is 5.11 Å². The zero-order chi connectivity index (χ0) is 44.0. The Labute approximate surface area is 365 Å². The number of rotatable bonds is 13. The van der Waals surface area contributed by atoms with E-state index >= 15 is 0 Å². The van der Waals surface area contributed by atoms with Crippen LogP contribution in [0.25, 0.3) is 0 Å². The van der Waals surface area contributed by atoms with Crippen LogP contribution in [0.5, 0.6) is 0 Å². The number of carbonyl (C=O) groups is 1. The lowest BCUT2D eigenvalue weighted by Gasteiger charge is -2.57. The summed E-state index contributed by atoms with van der Waals surface area (Å²) in [5.74, 6) is 5.46. The minimum absolute atomic E-state index is 0.272. The van der Waals surface area contributed by atoms with E-state index in [9.17, 15) is 9.90 Å². The second-order valence-corrected chi connectivity index (χ2v) is 24.1. The molecule has 4 aliphatic rings. The van der Waals surface area contributed by atoms with Gasteiger partial charge in [0, 0.05) is 44.8 Å². The average molecular weight is 821 g/mol. The third-order valence-electron chi connectivity index (χ3n) is 14.3. The lowest BCUT2D eigenvalue weighted by atomic mass is 9.49. The number of carbonyl (C=O) groups excluding carboxylic acids is 1. The molecule has 3 aromatic rings. The maximum atomic E-state index is 11.1. The summed E-state index contributed by atoms with van der Waals surface area (Å²) >= 11 is 0. The van der Waals surface area contributed by atoms with Crippen molar-refractivity contribution in [2.24, 2.45) is 23.2 Å². The molecule has 0 spiro atoms. The third-order valence-corrected chi connectivity index (χ3v) is 17.0. The Kier molecular flexibility index (Phi) is 15.2. The van der Waals surface area contributed by atoms with Gasteiger partial charge in [-0.3, -0.25) is 0 Å². The molecular formula is C56H84O2S. The summed E-state index contributed by atoms with van der Waals surface area (Å²) in [5, 5.41) is 11.1. The molecule has 0 aromatic heterocycles. The van der Waals surface area contributed by atoms with Gasteiger partial charge < -0.3 is 9.90 Å². The Morgan fingerprint density at radius 2 is 0.627 bits per heavy atom. The molecule has 0 amide bonds. The quantitative estimate of drug-likeness (QED) is 0.161. The molecule has 59 heavy (non-hydrogen) atoms. The highest BCUT2D eigenvalue weighted by Gasteiger charge is 2.51. The molecule has 4 saturated carbocycles. The highest BCUT2D eigenvalue weighted by Crippen LogP contribution is 2.60. The number of aliphatic carboxylic acids is 1. The Morgan fingerprint density at radius 1 is 0.424 bits per heavy atom. The standard InChI is InChI=1S/C45H69S.C11H16O2/c1-25(2)34-19-37(28(7)8)43(38(20-34)29(9)10)46(44-39(30(11)12)21-35(26(3)4)22-40(44)31(13)14)45-41(32(15)16)23-36(27(5)6)24-42(45)33(17)18;12-10(13)11-4-7-1-8(5-11)3-9(2-7)6-11/h19-33H,1-18H3;7-9H,1-6H2,(H,12,13)/q+1;/p-1. The van der Waals surface area contributed by atoms with Crippen LogP contribution in [0.3, 0.4) is 0 Å². The Bertz CT molecular complexity index is 1630. The van der Waals surface area contributed by atoms with E-state index in [-0.39, 0.29) is 10.9 Å². The first kappa shape index (κ1) is 47.5. The van der Waals surface area contributed by atoms with Crippen molar-refractivity contribution in [1.29, 1.82) is 0 Å². The van der Waals surface area contributed by atoms with E-state index in [2.05, 4.69) is 161 Å². The van der Waals surface area contributed by atoms with E-state index in [0.717, 1.165) is 19.3 Å². The predicted octanol–water partition coefficient (Wildman–Crippen LogP) is 15.8. The van der Waals surface area contributed by atoms with Crippen molar-refractivity contribution in [3.63, 3.8) is 0 Å². The summed E-state index contributed by atoms with van der Waals surface area (Å²) in [6, 6.07) is 15.6. The minimum atomic E-state index is -0.758. The van der Waals surface area contributed by atoms with Crippen LogP contribution in [0.15, 0.2) is 51.1 Å². The van der Waals surface area contributed by atoms with Gasteiger partial charge in [0.2, 0.25) is 0 Å². The van der Waals surface area contributed by atoms with E-state index < -0.39 is 11.4 Å². The molecule has 0 saturated heterocycles. The van der Waals surface area contributed by atoms with Gasteiger partial charge in [0.25, 0.3) is 0 Å². The van der Waals surface area contributed by atoms with Gasteiger partial charge in [-0.1, -0.05) is 161 Å². The molecule has 0 aliphatic heterocycles. The van der Waals surface area contributed by atoms with Gasteiger partial charge in [0.1, 0.15) is 10.9 Å². The van der Waals surface area contributed by atoms with Gasteiger partial charge in [-0.15, -0.1) is 0 Å². The Balaban J connectivity index is 0.000000422. The fourth-order valence-corrected chi connectivity index (χ4v) is 14.8. The molecular weight excluding hydrogens is 737 g/mol. The SMILES string of the molecule is CC(C)c1cc(C(C)C)c([S+](c2c(C(C)C)cc(C(C)C)cc2C(C)C)c2c(C(C)C)cc(C(C)C)cc2C(C)C)c(C(C)C)c1.O=C([O-])C12CC3CC(CC(C3)C1)C2. The second kappa shape index (κ2) is 18.8. The first-order valence-corrected chi connectivity index (χ1v) is 25.2. The maximum absolute atomic E-state index is 11.1. The number of hydrogen-bond acceptors (Lipinski definition) is 2. The maximum Gasteiger partial charge on any atom is 0.173 e. The monoisotopic (exact) mass is 821 g/mol. The van der Waals surface area contributed by atoms with Crippen LogP contribution >= 0.6 is 0 Å². The number of benzene rings is 3. The fraction of sp³-hybridized carbons (Fsp3) is 0.661. The molecule has 3 aromatic carbocycles. The van der Waals surface area contributed by atoms with Crippen LogP contribution in [0.2, 0.25) is 0 Å². The molecule has 326 valence electrons. The van der Waals surface area contributed by atoms with E-state index in [1.165, 1.54) is 36.0 Å².